The molecule has 0 bridgehead atoms. The molecule has 4 rings (SSSR count). The number of amides is 1. The number of halogens is 1. The third-order valence-corrected chi connectivity index (χ3v) is 5.48. The molecule has 158 valence electrons. The highest BCUT2D eigenvalue weighted by Crippen LogP contribution is 2.21. The smallest absolute Gasteiger partial charge is 0.329 e. The molecule has 3 aromatic rings. The number of carbonyl (C=O) groups excluding carboxylic acids is 1. The fourth-order valence-corrected chi connectivity index (χ4v) is 3.73. The van der Waals surface area contributed by atoms with Gasteiger partial charge in [0, 0.05) is 50.7 Å². The van der Waals surface area contributed by atoms with Crippen LogP contribution in [0, 0.1) is 0 Å². The van der Waals surface area contributed by atoms with Crippen LogP contribution in [0.4, 0.5) is 4.79 Å². The number of aromatic hydroxyl groups is 1. The van der Waals surface area contributed by atoms with Gasteiger partial charge in [-0.3, -0.25) is 14.5 Å². The van der Waals surface area contributed by atoms with Crippen LogP contribution >= 0.6 is 17.0 Å². The Morgan fingerprint density at radius 2 is 1.87 bits per heavy atom. The van der Waals surface area contributed by atoms with Crippen molar-refractivity contribution >= 4 is 23.0 Å². The van der Waals surface area contributed by atoms with Gasteiger partial charge in [-0.15, -0.1) is 17.0 Å². The number of pyridine rings is 1. The van der Waals surface area contributed by atoms with Crippen molar-refractivity contribution < 1.29 is 9.90 Å². The third-order valence-electron chi connectivity index (χ3n) is 5.48. The number of carbonyl (C=O) groups is 1. The SMILES string of the molecule is Br.CN(C(=O)n1cnc(-c2ccc(O)cc2)c1)C1CCN(Cc2ccccn2)CC1. The molecule has 1 fully saturated rings. The second-order valence-corrected chi connectivity index (χ2v) is 7.43. The molecule has 8 heteroatoms. The van der Waals surface area contributed by atoms with Crippen LogP contribution in [0.25, 0.3) is 11.3 Å². The first-order valence-electron chi connectivity index (χ1n) is 9.83. The van der Waals surface area contributed by atoms with Gasteiger partial charge in [0.2, 0.25) is 0 Å². The Morgan fingerprint density at radius 1 is 1.13 bits per heavy atom. The molecule has 1 N–H and O–H groups in total. The van der Waals surface area contributed by atoms with E-state index in [-0.39, 0.29) is 34.8 Å². The summed E-state index contributed by atoms with van der Waals surface area (Å²) in [5.41, 5.74) is 2.65. The zero-order chi connectivity index (χ0) is 20.2. The number of benzene rings is 1. The Morgan fingerprint density at radius 3 is 2.53 bits per heavy atom. The van der Waals surface area contributed by atoms with E-state index >= 15 is 0 Å². The second kappa shape index (κ2) is 9.86. The van der Waals surface area contributed by atoms with Crippen LogP contribution in [-0.4, -0.2) is 61.7 Å². The minimum atomic E-state index is -0.0781. The summed E-state index contributed by atoms with van der Waals surface area (Å²) in [6.07, 6.45) is 6.99. The number of imidazole rings is 1. The summed E-state index contributed by atoms with van der Waals surface area (Å²) in [5, 5.41) is 9.42. The third kappa shape index (κ3) is 5.06. The van der Waals surface area contributed by atoms with E-state index in [1.807, 2.05) is 36.3 Å². The van der Waals surface area contributed by atoms with Crippen molar-refractivity contribution in [3.05, 3.63) is 66.9 Å². The van der Waals surface area contributed by atoms with E-state index in [4.69, 9.17) is 0 Å². The maximum atomic E-state index is 12.9. The summed E-state index contributed by atoms with van der Waals surface area (Å²) >= 11 is 0. The van der Waals surface area contributed by atoms with Gasteiger partial charge in [0.25, 0.3) is 0 Å². The largest absolute Gasteiger partial charge is 0.508 e. The van der Waals surface area contributed by atoms with E-state index in [1.54, 1.807) is 36.8 Å². The highest BCUT2D eigenvalue weighted by molar-refractivity contribution is 8.93. The second-order valence-electron chi connectivity index (χ2n) is 7.43. The van der Waals surface area contributed by atoms with E-state index < -0.39 is 0 Å². The summed E-state index contributed by atoms with van der Waals surface area (Å²) in [6, 6.07) is 12.9. The molecular formula is C22H26BrN5O2. The number of phenolic OH excluding ortho intramolecular Hbond substituents is 1. The highest BCUT2D eigenvalue weighted by atomic mass is 79.9. The summed E-state index contributed by atoms with van der Waals surface area (Å²) < 4.78 is 1.53. The molecule has 0 aliphatic carbocycles. The van der Waals surface area contributed by atoms with Crippen LogP contribution in [0.2, 0.25) is 0 Å². The molecule has 0 radical (unpaired) electrons. The van der Waals surface area contributed by atoms with E-state index in [2.05, 4.69) is 14.9 Å². The van der Waals surface area contributed by atoms with Crippen LogP contribution < -0.4 is 0 Å². The van der Waals surface area contributed by atoms with E-state index in [1.165, 1.54) is 4.57 Å². The lowest BCUT2D eigenvalue weighted by molar-refractivity contribution is 0.131. The lowest BCUT2D eigenvalue weighted by Crippen LogP contribution is -2.46. The lowest BCUT2D eigenvalue weighted by atomic mass is 10.0. The molecular weight excluding hydrogens is 446 g/mol. The summed E-state index contributed by atoms with van der Waals surface area (Å²) in [5.74, 6) is 0.207. The molecule has 1 saturated heterocycles. The number of hydrogen-bond acceptors (Lipinski definition) is 5. The number of nitrogens with zero attached hydrogens (tertiary/aromatic N) is 5. The van der Waals surface area contributed by atoms with E-state index in [0.29, 0.717) is 5.69 Å². The normalized spacial score (nSPS) is 14.8. The minimum Gasteiger partial charge on any atom is -0.508 e. The molecule has 3 heterocycles. The predicted molar refractivity (Wildman–Crippen MR) is 121 cm³/mol. The van der Waals surface area contributed by atoms with E-state index in [0.717, 1.165) is 43.7 Å². The van der Waals surface area contributed by atoms with Gasteiger partial charge in [-0.05, 0) is 49.2 Å². The zero-order valence-electron chi connectivity index (χ0n) is 16.9. The highest BCUT2D eigenvalue weighted by Gasteiger charge is 2.26. The van der Waals surface area contributed by atoms with Gasteiger partial charge in [0.1, 0.15) is 12.1 Å². The van der Waals surface area contributed by atoms with Crippen molar-refractivity contribution in [1.82, 2.24) is 24.3 Å². The minimum absolute atomic E-state index is 0. The predicted octanol–water partition coefficient (Wildman–Crippen LogP) is 3.79. The fraction of sp³-hybridized carbons (Fsp3) is 0.318. The van der Waals surface area contributed by atoms with Crippen LogP contribution in [0.3, 0.4) is 0 Å². The zero-order valence-corrected chi connectivity index (χ0v) is 18.6. The molecule has 0 unspecified atom stereocenters. The van der Waals surface area contributed by atoms with Crippen molar-refractivity contribution in [1.29, 1.82) is 0 Å². The molecule has 30 heavy (non-hydrogen) atoms. The van der Waals surface area contributed by atoms with Crippen LogP contribution in [0.1, 0.15) is 18.5 Å². The Balaban J connectivity index is 0.00000256. The first-order chi connectivity index (χ1) is 14.1. The van der Waals surface area contributed by atoms with Crippen molar-refractivity contribution in [3.8, 4) is 17.0 Å². The lowest BCUT2D eigenvalue weighted by Gasteiger charge is -2.36. The van der Waals surface area contributed by atoms with Gasteiger partial charge >= 0.3 is 6.03 Å². The molecule has 1 aliphatic heterocycles. The van der Waals surface area contributed by atoms with Crippen molar-refractivity contribution in [2.45, 2.75) is 25.4 Å². The van der Waals surface area contributed by atoms with Crippen LogP contribution in [-0.2, 0) is 6.54 Å². The molecule has 1 aromatic carbocycles. The average Bonchev–Trinajstić information content (AvgIpc) is 3.25. The summed E-state index contributed by atoms with van der Waals surface area (Å²) in [4.78, 5) is 25.8. The maximum absolute atomic E-state index is 12.9. The molecule has 1 aliphatic rings. The molecule has 0 spiro atoms. The molecule has 0 saturated carbocycles. The van der Waals surface area contributed by atoms with Gasteiger partial charge in [-0.2, -0.15) is 0 Å². The first kappa shape index (κ1) is 22.0. The van der Waals surface area contributed by atoms with Gasteiger partial charge in [-0.25, -0.2) is 9.78 Å². The number of rotatable bonds is 4. The van der Waals surface area contributed by atoms with Crippen molar-refractivity contribution in [3.63, 3.8) is 0 Å². The summed E-state index contributed by atoms with van der Waals surface area (Å²) in [6.45, 7) is 2.74. The van der Waals surface area contributed by atoms with Gasteiger partial charge in [0.05, 0.1) is 11.4 Å². The molecule has 0 atom stereocenters. The molecule has 1 amide bonds. The maximum Gasteiger partial charge on any atom is 0.329 e. The number of likely N-dealkylation sites (tertiary alicyclic amines) is 1. The average molecular weight is 472 g/mol. The van der Waals surface area contributed by atoms with Crippen LogP contribution in [0.5, 0.6) is 5.75 Å². The van der Waals surface area contributed by atoms with Crippen molar-refractivity contribution in [2.75, 3.05) is 20.1 Å². The fourth-order valence-electron chi connectivity index (χ4n) is 3.73. The van der Waals surface area contributed by atoms with Crippen molar-refractivity contribution in [2.24, 2.45) is 0 Å². The van der Waals surface area contributed by atoms with E-state index in [9.17, 15) is 9.90 Å². The van der Waals surface area contributed by atoms with Gasteiger partial charge < -0.3 is 10.0 Å². The topological polar surface area (TPSA) is 74.5 Å². The van der Waals surface area contributed by atoms with Crippen LogP contribution in [0.15, 0.2) is 61.2 Å². The molecule has 7 nitrogen and oxygen atoms in total. The first-order valence-corrected chi connectivity index (χ1v) is 9.83. The number of piperidine rings is 1. The number of aromatic nitrogens is 3. The Hall–Kier alpha value is -2.71. The number of phenols is 1. The Bertz CT molecular complexity index is 953. The monoisotopic (exact) mass is 471 g/mol. The quantitative estimate of drug-likeness (QED) is 0.626. The number of hydrogen-bond donors (Lipinski definition) is 1. The Kier molecular flexibility index (Phi) is 7.23. The standard InChI is InChI=1S/C22H25N5O2.BrH/c1-25(19-9-12-26(13-10-19)14-18-4-2-3-11-23-18)22(29)27-15-21(24-16-27)17-5-7-20(28)8-6-17;/h2-8,11,15-16,19,28H,9-10,12-14H2,1H3;1H. The summed E-state index contributed by atoms with van der Waals surface area (Å²) in [7, 11) is 1.86. The van der Waals surface area contributed by atoms with Gasteiger partial charge in [-0.1, -0.05) is 6.07 Å². The molecule has 2 aromatic heterocycles. The Labute approximate surface area is 186 Å². The van der Waals surface area contributed by atoms with Gasteiger partial charge in [0.15, 0.2) is 0 Å².